The van der Waals surface area contributed by atoms with Gasteiger partial charge in [0.15, 0.2) is 0 Å². The lowest BCUT2D eigenvalue weighted by Gasteiger charge is -2.22. The molecule has 2 aromatic rings. The van der Waals surface area contributed by atoms with Crippen molar-refractivity contribution in [3.63, 3.8) is 0 Å². The van der Waals surface area contributed by atoms with Gasteiger partial charge in [-0.25, -0.2) is 4.79 Å². The van der Waals surface area contributed by atoms with Crippen LogP contribution in [0.3, 0.4) is 0 Å². The molecule has 1 amide bonds. The second-order valence-electron chi connectivity index (χ2n) is 5.83. The van der Waals surface area contributed by atoms with Crippen molar-refractivity contribution < 1.29 is 14.3 Å². The van der Waals surface area contributed by atoms with E-state index in [1.807, 2.05) is 30.3 Å². The Morgan fingerprint density at radius 2 is 1.67 bits per heavy atom. The minimum Gasteiger partial charge on any atom is -0.465 e. The standard InChI is InChI=1S/C20H23NO3/c1-4-14(2)18(15-8-6-5-7-9-15)19(22)21-17-12-10-16(11-13-17)20(23)24-3/h5-14,18H,4H2,1-3H3,(H,21,22)/t14-,18+/m1/s1. The topological polar surface area (TPSA) is 55.4 Å². The van der Waals surface area contributed by atoms with Crippen molar-refractivity contribution in [2.24, 2.45) is 5.92 Å². The van der Waals surface area contributed by atoms with Crippen LogP contribution < -0.4 is 5.32 Å². The largest absolute Gasteiger partial charge is 0.465 e. The maximum Gasteiger partial charge on any atom is 0.337 e. The minimum absolute atomic E-state index is 0.0404. The molecule has 0 saturated heterocycles. The van der Waals surface area contributed by atoms with Crippen LogP contribution in [0.4, 0.5) is 5.69 Å². The van der Waals surface area contributed by atoms with Gasteiger partial charge in [-0.1, -0.05) is 50.6 Å². The number of hydrogen-bond acceptors (Lipinski definition) is 3. The van der Waals surface area contributed by atoms with Crippen LogP contribution in [0.1, 0.15) is 42.1 Å². The molecule has 0 spiro atoms. The van der Waals surface area contributed by atoms with Gasteiger partial charge in [-0.05, 0) is 35.7 Å². The third-order valence-corrected chi connectivity index (χ3v) is 4.23. The number of methoxy groups -OCH3 is 1. The highest BCUT2D eigenvalue weighted by molar-refractivity contribution is 5.96. The Labute approximate surface area is 142 Å². The predicted molar refractivity (Wildman–Crippen MR) is 95.0 cm³/mol. The van der Waals surface area contributed by atoms with Crippen molar-refractivity contribution in [1.29, 1.82) is 0 Å². The molecule has 4 heteroatoms. The molecule has 0 aliphatic rings. The molecule has 0 radical (unpaired) electrons. The number of hydrogen-bond donors (Lipinski definition) is 1. The number of benzene rings is 2. The number of ether oxygens (including phenoxy) is 1. The number of esters is 1. The lowest BCUT2D eigenvalue weighted by Crippen LogP contribution is -2.26. The zero-order chi connectivity index (χ0) is 17.5. The molecule has 0 fully saturated rings. The normalized spacial score (nSPS) is 13.0. The first-order valence-electron chi connectivity index (χ1n) is 8.11. The fourth-order valence-electron chi connectivity index (χ4n) is 2.66. The van der Waals surface area contributed by atoms with E-state index in [1.54, 1.807) is 24.3 Å². The molecule has 4 nitrogen and oxygen atoms in total. The monoisotopic (exact) mass is 325 g/mol. The second-order valence-corrected chi connectivity index (χ2v) is 5.83. The Bertz CT molecular complexity index is 680. The molecule has 0 bridgehead atoms. The number of carbonyl (C=O) groups excluding carboxylic acids is 2. The van der Waals surface area contributed by atoms with E-state index in [0.717, 1.165) is 12.0 Å². The van der Waals surface area contributed by atoms with Crippen LogP contribution in [0.2, 0.25) is 0 Å². The molecule has 2 atom stereocenters. The van der Waals surface area contributed by atoms with Gasteiger partial charge in [-0.2, -0.15) is 0 Å². The van der Waals surface area contributed by atoms with Crippen LogP contribution in [0, 0.1) is 5.92 Å². The number of rotatable bonds is 6. The molecule has 2 rings (SSSR count). The van der Waals surface area contributed by atoms with Crippen molar-refractivity contribution in [1.82, 2.24) is 0 Å². The fraction of sp³-hybridized carbons (Fsp3) is 0.300. The first-order chi connectivity index (χ1) is 11.6. The number of amides is 1. The summed E-state index contributed by atoms with van der Waals surface area (Å²) in [6, 6.07) is 16.5. The maximum absolute atomic E-state index is 12.8. The van der Waals surface area contributed by atoms with Crippen molar-refractivity contribution in [2.75, 3.05) is 12.4 Å². The molecule has 0 aliphatic heterocycles. The van der Waals surface area contributed by atoms with E-state index < -0.39 is 5.97 Å². The van der Waals surface area contributed by atoms with Gasteiger partial charge in [0.1, 0.15) is 0 Å². The van der Waals surface area contributed by atoms with Crippen molar-refractivity contribution in [3.05, 3.63) is 65.7 Å². The minimum atomic E-state index is -0.394. The number of nitrogens with one attached hydrogen (secondary N) is 1. The van der Waals surface area contributed by atoms with E-state index in [-0.39, 0.29) is 17.7 Å². The van der Waals surface area contributed by atoms with Gasteiger partial charge in [0.2, 0.25) is 5.91 Å². The Hall–Kier alpha value is -2.62. The summed E-state index contributed by atoms with van der Waals surface area (Å²) in [5.41, 5.74) is 2.13. The smallest absolute Gasteiger partial charge is 0.337 e. The molecule has 24 heavy (non-hydrogen) atoms. The van der Waals surface area contributed by atoms with Gasteiger partial charge >= 0.3 is 5.97 Å². The highest BCUT2D eigenvalue weighted by atomic mass is 16.5. The van der Waals surface area contributed by atoms with E-state index in [1.165, 1.54) is 7.11 Å². The van der Waals surface area contributed by atoms with E-state index in [9.17, 15) is 9.59 Å². The maximum atomic E-state index is 12.8. The van der Waals surface area contributed by atoms with Gasteiger partial charge in [-0.15, -0.1) is 0 Å². The lowest BCUT2D eigenvalue weighted by atomic mass is 9.85. The molecule has 0 heterocycles. The third-order valence-electron chi connectivity index (χ3n) is 4.23. The quantitative estimate of drug-likeness (QED) is 0.808. The summed E-state index contributed by atoms with van der Waals surface area (Å²) in [5.74, 6) is -0.422. The van der Waals surface area contributed by atoms with Gasteiger partial charge in [-0.3, -0.25) is 4.79 Å². The summed E-state index contributed by atoms with van der Waals surface area (Å²) in [5, 5.41) is 2.95. The second kappa shape index (κ2) is 8.29. The first kappa shape index (κ1) is 17.7. The fourth-order valence-corrected chi connectivity index (χ4v) is 2.66. The van der Waals surface area contributed by atoms with Gasteiger partial charge in [0, 0.05) is 5.69 Å². The van der Waals surface area contributed by atoms with Crippen LogP contribution in [-0.2, 0) is 9.53 Å². The van der Waals surface area contributed by atoms with Gasteiger partial charge in [0.05, 0.1) is 18.6 Å². The van der Waals surface area contributed by atoms with E-state index in [2.05, 4.69) is 23.9 Å². The average Bonchev–Trinajstić information content (AvgIpc) is 2.62. The van der Waals surface area contributed by atoms with Gasteiger partial charge < -0.3 is 10.1 Å². The summed E-state index contributed by atoms with van der Waals surface area (Å²) >= 11 is 0. The number of carbonyl (C=O) groups is 2. The molecule has 2 aromatic carbocycles. The van der Waals surface area contributed by atoms with Crippen molar-refractivity contribution in [2.45, 2.75) is 26.2 Å². The third kappa shape index (κ3) is 4.22. The zero-order valence-electron chi connectivity index (χ0n) is 14.3. The SMILES string of the molecule is CC[C@@H](C)[C@H](C(=O)Nc1ccc(C(=O)OC)cc1)c1ccccc1. The van der Waals surface area contributed by atoms with Crippen LogP contribution in [-0.4, -0.2) is 19.0 Å². The molecule has 0 aromatic heterocycles. The molecule has 126 valence electrons. The Morgan fingerprint density at radius 1 is 1.04 bits per heavy atom. The summed E-state index contributed by atoms with van der Waals surface area (Å²) in [6.07, 6.45) is 0.911. The van der Waals surface area contributed by atoms with Gasteiger partial charge in [0.25, 0.3) is 0 Å². The van der Waals surface area contributed by atoms with E-state index in [4.69, 9.17) is 0 Å². The van der Waals surface area contributed by atoms with Crippen LogP contribution in [0.15, 0.2) is 54.6 Å². The summed E-state index contributed by atoms with van der Waals surface area (Å²) in [4.78, 5) is 24.2. The highest BCUT2D eigenvalue weighted by Crippen LogP contribution is 2.28. The average molecular weight is 325 g/mol. The molecule has 1 N–H and O–H groups in total. The predicted octanol–water partition coefficient (Wildman–Crippen LogP) is 4.24. The van der Waals surface area contributed by atoms with Crippen LogP contribution in [0.25, 0.3) is 0 Å². The van der Waals surface area contributed by atoms with Crippen LogP contribution in [0.5, 0.6) is 0 Å². The van der Waals surface area contributed by atoms with Crippen molar-refractivity contribution in [3.8, 4) is 0 Å². The Morgan fingerprint density at radius 3 is 2.21 bits per heavy atom. The van der Waals surface area contributed by atoms with E-state index in [0.29, 0.717) is 11.3 Å². The number of anilines is 1. The van der Waals surface area contributed by atoms with E-state index >= 15 is 0 Å². The summed E-state index contributed by atoms with van der Waals surface area (Å²) in [6.45, 7) is 4.16. The molecular formula is C20H23NO3. The molecule has 0 aliphatic carbocycles. The molecule has 0 unspecified atom stereocenters. The lowest BCUT2D eigenvalue weighted by molar-refractivity contribution is -0.118. The summed E-state index contributed by atoms with van der Waals surface area (Å²) < 4.78 is 4.67. The molecule has 0 saturated carbocycles. The Balaban J connectivity index is 2.17. The van der Waals surface area contributed by atoms with Crippen molar-refractivity contribution >= 4 is 17.6 Å². The Kier molecular flexibility index (Phi) is 6.13. The zero-order valence-corrected chi connectivity index (χ0v) is 14.3. The summed E-state index contributed by atoms with van der Waals surface area (Å²) in [7, 11) is 1.34. The molecular weight excluding hydrogens is 302 g/mol. The first-order valence-corrected chi connectivity index (χ1v) is 8.11. The van der Waals surface area contributed by atoms with Crippen LogP contribution >= 0.6 is 0 Å². The highest BCUT2D eigenvalue weighted by Gasteiger charge is 2.25.